The smallest absolute Gasteiger partial charge is 0.433 e. The molecule has 0 aliphatic carbocycles. The quantitative estimate of drug-likeness (QED) is 0.820. The van der Waals surface area contributed by atoms with Gasteiger partial charge in [-0.25, -0.2) is 0 Å². The third-order valence-corrected chi connectivity index (χ3v) is 1.96. The molecule has 2 N–H and O–H groups in total. The highest BCUT2D eigenvalue weighted by molar-refractivity contribution is 5.75. The molecule has 100 valence electrons. The summed E-state index contributed by atoms with van der Waals surface area (Å²) in [5.41, 5.74) is 4.28. The van der Waals surface area contributed by atoms with Gasteiger partial charge in [-0.05, 0) is 6.07 Å². The molecule has 1 aromatic rings. The van der Waals surface area contributed by atoms with Crippen LogP contribution < -0.4 is 10.5 Å². The Morgan fingerprint density at radius 2 is 2.22 bits per heavy atom. The Balaban J connectivity index is 2.66. The summed E-state index contributed by atoms with van der Waals surface area (Å²) in [6.45, 7) is -0.284. The molecule has 18 heavy (non-hydrogen) atoms. The van der Waals surface area contributed by atoms with Crippen molar-refractivity contribution in [3.05, 3.63) is 24.0 Å². The second-order valence-corrected chi connectivity index (χ2v) is 3.32. The average molecular weight is 264 g/mol. The van der Waals surface area contributed by atoms with Gasteiger partial charge in [-0.2, -0.15) is 13.2 Å². The summed E-state index contributed by atoms with van der Waals surface area (Å²) >= 11 is 0. The number of pyridine rings is 1. The fraction of sp³-hybridized carbons (Fsp3) is 0.400. The molecule has 0 saturated heterocycles. The molecule has 0 spiro atoms. The Morgan fingerprint density at radius 3 is 2.78 bits per heavy atom. The molecule has 0 aliphatic heterocycles. The monoisotopic (exact) mass is 264 g/mol. The summed E-state index contributed by atoms with van der Waals surface area (Å²) in [5.74, 6) is -0.781. The Kier molecular flexibility index (Phi) is 4.49. The number of alkyl halides is 3. The van der Waals surface area contributed by atoms with Crippen molar-refractivity contribution in [1.29, 1.82) is 0 Å². The molecule has 0 radical (unpaired) electrons. The SMILES string of the molecule is COC(=O)C(N)COc1ccnc(C(F)(F)F)c1. The van der Waals surface area contributed by atoms with E-state index in [2.05, 4.69) is 9.72 Å². The minimum absolute atomic E-state index is 0.0725. The van der Waals surface area contributed by atoms with E-state index < -0.39 is 23.9 Å². The first-order chi connectivity index (χ1) is 8.34. The van der Waals surface area contributed by atoms with Crippen LogP contribution in [0.25, 0.3) is 0 Å². The molecule has 0 saturated carbocycles. The summed E-state index contributed by atoms with van der Waals surface area (Å²) in [6.07, 6.45) is -3.59. The predicted octanol–water partition coefficient (Wildman–Crippen LogP) is 0.979. The Morgan fingerprint density at radius 1 is 1.56 bits per heavy atom. The van der Waals surface area contributed by atoms with Crippen molar-refractivity contribution in [3.63, 3.8) is 0 Å². The number of ether oxygens (including phenoxy) is 2. The topological polar surface area (TPSA) is 74.4 Å². The molecule has 1 rings (SSSR count). The normalized spacial score (nSPS) is 12.9. The van der Waals surface area contributed by atoms with E-state index in [9.17, 15) is 18.0 Å². The van der Waals surface area contributed by atoms with Crippen LogP contribution in [0.4, 0.5) is 13.2 Å². The van der Waals surface area contributed by atoms with Gasteiger partial charge in [0, 0.05) is 12.3 Å². The first kappa shape index (κ1) is 14.2. The third kappa shape index (κ3) is 3.88. The maximum Gasteiger partial charge on any atom is 0.433 e. The van der Waals surface area contributed by atoms with Crippen LogP contribution in [-0.2, 0) is 15.7 Å². The molecule has 0 bridgehead atoms. The van der Waals surface area contributed by atoms with E-state index >= 15 is 0 Å². The Bertz CT molecular complexity index is 423. The number of nitrogens with zero attached hydrogens (tertiary/aromatic N) is 1. The summed E-state index contributed by atoms with van der Waals surface area (Å²) in [4.78, 5) is 14.1. The van der Waals surface area contributed by atoms with E-state index in [1.54, 1.807) is 0 Å². The lowest BCUT2D eigenvalue weighted by Crippen LogP contribution is -2.37. The molecular weight excluding hydrogens is 253 g/mol. The van der Waals surface area contributed by atoms with Crippen molar-refractivity contribution in [2.45, 2.75) is 12.2 Å². The van der Waals surface area contributed by atoms with Gasteiger partial charge in [-0.3, -0.25) is 9.78 Å². The number of rotatable bonds is 4. The van der Waals surface area contributed by atoms with Crippen molar-refractivity contribution in [1.82, 2.24) is 4.98 Å². The maximum absolute atomic E-state index is 12.3. The van der Waals surface area contributed by atoms with Gasteiger partial charge in [0.1, 0.15) is 24.1 Å². The number of aromatic nitrogens is 1. The van der Waals surface area contributed by atoms with Crippen molar-refractivity contribution >= 4 is 5.97 Å². The highest BCUT2D eigenvalue weighted by Gasteiger charge is 2.32. The number of nitrogens with two attached hydrogens (primary N) is 1. The number of carbonyl (C=O) groups excluding carboxylic acids is 1. The zero-order valence-electron chi connectivity index (χ0n) is 9.40. The number of halogens is 3. The fourth-order valence-corrected chi connectivity index (χ4v) is 1.06. The first-order valence-corrected chi connectivity index (χ1v) is 4.84. The summed E-state index contributed by atoms with van der Waals surface area (Å²) in [5, 5.41) is 0. The molecule has 0 aliphatic rings. The van der Waals surface area contributed by atoms with Crippen LogP contribution in [0.1, 0.15) is 5.69 Å². The largest absolute Gasteiger partial charge is 0.491 e. The van der Waals surface area contributed by atoms with Crippen molar-refractivity contribution in [2.75, 3.05) is 13.7 Å². The zero-order valence-corrected chi connectivity index (χ0v) is 9.40. The molecule has 0 fully saturated rings. The molecule has 1 aromatic heterocycles. The summed E-state index contributed by atoms with van der Waals surface area (Å²) < 4.78 is 46.3. The standard InChI is InChI=1S/C10H11F3N2O3/c1-17-9(16)7(14)5-18-6-2-3-15-8(4-6)10(11,12)13/h2-4,7H,5,14H2,1H3. The van der Waals surface area contributed by atoms with Crippen LogP contribution in [0.3, 0.4) is 0 Å². The van der Waals surface area contributed by atoms with Gasteiger partial charge < -0.3 is 15.2 Å². The maximum atomic E-state index is 12.3. The van der Waals surface area contributed by atoms with Crippen LogP contribution >= 0.6 is 0 Å². The number of hydrogen-bond acceptors (Lipinski definition) is 5. The van der Waals surface area contributed by atoms with Gasteiger partial charge in [0.15, 0.2) is 0 Å². The van der Waals surface area contributed by atoms with Crippen LogP contribution in [0.2, 0.25) is 0 Å². The first-order valence-electron chi connectivity index (χ1n) is 4.84. The average Bonchev–Trinajstić information content (AvgIpc) is 2.34. The fourth-order valence-electron chi connectivity index (χ4n) is 1.06. The van der Waals surface area contributed by atoms with Gasteiger partial charge in [0.2, 0.25) is 0 Å². The Hall–Kier alpha value is -1.83. The summed E-state index contributed by atoms with van der Waals surface area (Å²) in [7, 11) is 1.15. The predicted molar refractivity (Wildman–Crippen MR) is 54.7 cm³/mol. The van der Waals surface area contributed by atoms with Gasteiger partial charge in [0.05, 0.1) is 7.11 Å². The number of methoxy groups -OCH3 is 1. The molecule has 1 atom stereocenters. The molecule has 0 amide bonds. The van der Waals surface area contributed by atoms with Crippen LogP contribution in [-0.4, -0.2) is 30.7 Å². The minimum atomic E-state index is -4.55. The zero-order chi connectivity index (χ0) is 13.8. The van der Waals surface area contributed by atoms with E-state index in [1.165, 1.54) is 6.07 Å². The highest BCUT2D eigenvalue weighted by Crippen LogP contribution is 2.29. The van der Waals surface area contributed by atoms with Gasteiger partial charge in [-0.1, -0.05) is 0 Å². The molecule has 5 nitrogen and oxygen atoms in total. The highest BCUT2D eigenvalue weighted by atomic mass is 19.4. The molecule has 0 aromatic carbocycles. The lowest BCUT2D eigenvalue weighted by atomic mass is 10.3. The van der Waals surface area contributed by atoms with Crippen molar-refractivity contribution in [3.8, 4) is 5.75 Å². The van der Waals surface area contributed by atoms with E-state index in [4.69, 9.17) is 10.5 Å². The van der Waals surface area contributed by atoms with Crippen LogP contribution in [0.15, 0.2) is 18.3 Å². The number of esters is 1. The van der Waals surface area contributed by atoms with Crippen molar-refractivity contribution in [2.24, 2.45) is 5.73 Å². The van der Waals surface area contributed by atoms with E-state index in [-0.39, 0.29) is 12.4 Å². The third-order valence-electron chi connectivity index (χ3n) is 1.96. The molecule has 1 unspecified atom stereocenters. The lowest BCUT2D eigenvalue weighted by Gasteiger charge is -2.12. The van der Waals surface area contributed by atoms with E-state index in [0.29, 0.717) is 0 Å². The van der Waals surface area contributed by atoms with Crippen molar-refractivity contribution < 1.29 is 27.4 Å². The van der Waals surface area contributed by atoms with E-state index in [1.807, 2.05) is 0 Å². The van der Waals surface area contributed by atoms with E-state index in [0.717, 1.165) is 19.4 Å². The minimum Gasteiger partial charge on any atom is -0.491 e. The van der Waals surface area contributed by atoms with Gasteiger partial charge in [-0.15, -0.1) is 0 Å². The number of carbonyl (C=O) groups is 1. The Labute approximate surface area is 101 Å². The van der Waals surface area contributed by atoms with Crippen LogP contribution in [0, 0.1) is 0 Å². The van der Waals surface area contributed by atoms with Gasteiger partial charge >= 0.3 is 12.1 Å². The second kappa shape index (κ2) is 5.67. The number of hydrogen-bond donors (Lipinski definition) is 1. The molecule has 1 heterocycles. The summed E-state index contributed by atoms with van der Waals surface area (Å²) in [6, 6.07) is 0.904. The molecular formula is C10H11F3N2O3. The van der Waals surface area contributed by atoms with Gasteiger partial charge in [0.25, 0.3) is 0 Å². The lowest BCUT2D eigenvalue weighted by molar-refractivity contribution is -0.143. The second-order valence-electron chi connectivity index (χ2n) is 3.32. The molecule has 8 heteroatoms. The van der Waals surface area contributed by atoms with Crippen LogP contribution in [0.5, 0.6) is 5.75 Å².